The summed E-state index contributed by atoms with van der Waals surface area (Å²) >= 11 is 2.99. The van der Waals surface area contributed by atoms with Gasteiger partial charge >= 0.3 is 0 Å². The van der Waals surface area contributed by atoms with Gasteiger partial charge in [-0.1, -0.05) is 12.1 Å². The van der Waals surface area contributed by atoms with Gasteiger partial charge < -0.3 is 11.1 Å². The number of thiazole rings is 1. The number of nitrogens with one attached hydrogen (secondary N) is 1. The Bertz CT molecular complexity index is 554. The van der Waals surface area contributed by atoms with E-state index in [0.717, 1.165) is 15.6 Å². The highest BCUT2D eigenvalue weighted by atomic mass is 32.2. The summed E-state index contributed by atoms with van der Waals surface area (Å²) < 4.78 is 0. The summed E-state index contributed by atoms with van der Waals surface area (Å²) in [4.78, 5) is 17.2. The average Bonchev–Trinajstić information content (AvgIpc) is 2.88. The van der Waals surface area contributed by atoms with Crippen molar-refractivity contribution in [3.8, 4) is 0 Å². The molecule has 2 aromatic rings. The summed E-state index contributed by atoms with van der Waals surface area (Å²) in [5, 5.41) is 5.34. The fourth-order valence-corrected chi connectivity index (χ4v) is 2.65. The zero-order chi connectivity index (χ0) is 13.0. The van der Waals surface area contributed by atoms with Crippen molar-refractivity contribution in [2.24, 2.45) is 5.73 Å². The fourth-order valence-electron chi connectivity index (χ4n) is 1.44. The van der Waals surface area contributed by atoms with Gasteiger partial charge in [0, 0.05) is 16.8 Å². The maximum absolute atomic E-state index is 12.0. The molecule has 0 bridgehead atoms. The normalized spacial score (nSPS) is 10.3. The largest absolute Gasteiger partial charge is 0.325 e. The molecule has 1 amide bonds. The molecule has 0 unspecified atom stereocenters. The van der Waals surface area contributed by atoms with Gasteiger partial charge in [0.1, 0.15) is 10.7 Å². The first-order chi connectivity index (χ1) is 8.74. The van der Waals surface area contributed by atoms with Gasteiger partial charge in [0.05, 0.1) is 5.69 Å². The number of nitrogens with zero attached hydrogens (tertiary/aromatic N) is 1. The summed E-state index contributed by atoms with van der Waals surface area (Å²) in [5.41, 5.74) is 6.69. The van der Waals surface area contributed by atoms with Gasteiger partial charge in [-0.15, -0.1) is 23.1 Å². The van der Waals surface area contributed by atoms with Gasteiger partial charge in [-0.25, -0.2) is 4.98 Å². The number of hydrogen-bond donors (Lipinski definition) is 2. The molecular weight excluding hydrogens is 266 g/mol. The van der Waals surface area contributed by atoms with Crippen LogP contribution in [0.25, 0.3) is 0 Å². The molecule has 2 rings (SSSR count). The predicted octanol–water partition coefficient (Wildman–Crippen LogP) is 2.58. The minimum absolute atomic E-state index is 0.201. The van der Waals surface area contributed by atoms with Crippen LogP contribution in [0.2, 0.25) is 0 Å². The number of aromatic nitrogens is 1. The lowest BCUT2D eigenvalue weighted by atomic mass is 10.3. The highest BCUT2D eigenvalue weighted by Gasteiger charge is 2.11. The van der Waals surface area contributed by atoms with Crippen LogP contribution in [0.1, 0.15) is 15.5 Å². The first kappa shape index (κ1) is 13.1. The Morgan fingerprint density at radius 2 is 2.28 bits per heavy atom. The number of para-hydroxylation sites is 1. The van der Waals surface area contributed by atoms with Crippen LogP contribution in [-0.2, 0) is 6.54 Å². The fraction of sp³-hybridized carbons (Fsp3) is 0.167. The molecule has 18 heavy (non-hydrogen) atoms. The average molecular weight is 279 g/mol. The number of carbonyl (C=O) groups excluding carboxylic acids is 1. The molecule has 0 saturated carbocycles. The van der Waals surface area contributed by atoms with Crippen LogP contribution in [0.4, 0.5) is 5.69 Å². The molecule has 0 radical (unpaired) electrons. The summed E-state index contributed by atoms with van der Waals surface area (Å²) in [5.74, 6) is -0.201. The third-order valence-corrected chi connectivity index (χ3v) is 3.98. The Morgan fingerprint density at radius 3 is 2.94 bits per heavy atom. The van der Waals surface area contributed by atoms with E-state index in [1.807, 2.05) is 30.5 Å². The predicted molar refractivity (Wildman–Crippen MR) is 76.2 cm³/mol. The second kappa shape index (κ2) is 5.99. The smallest absolute Gasteiger partial charge is 0.275 e. The highest BCUT2D eigenvalue weighted by molar-refractivity contribution is 7.98. The summed E-state index contributed by atoms with van der Waals surface area (Å²) in [7, 11) is 0. The van der Waals surface area contributed by atoms with Crippen molar-refractivity contribution < 1.29 is 4.79 Å². The van der Waals surface area contributed by atoms with Crippen molar-refractivity contribution in [2.75, 3.05) is 11.6 Å². The molecule has 0 saturated heterocycles. The quantitative estimate of drug-likeness (QED) is 0.844. The molecule has 4 nitrogen and oxygen atoms in total. The molecule has 0 aliphatic heterocycles. The van der Waals surface area contributed by atoms with Crippen molar-refractivity contribution in [3.63, 3.8) is 0 Å². The Labute approximate surface area is 114 Å². The van der Waals surface area contributed by atoms with Crippen LogP contribution in [0.5, 0.6) is 0 Å². The lowest BCUT2D eigenvalue weighted by molar-refractivity contribution is 0.102. The number of nitrogens with two attached hydrogens (primary N) is 1. The molecule has 6 heteroatoms. The van der Waals surface area contributed by atoms with Gasteiger partial charge in [0.25, 0.3) is 5.91 Å². The number of amides is 1. The molecule has 0 spiro atoms. The molecule has 0 atom stereocenters. The van der Waals surface area contributed by atoms with E-state index in [1.54, 1.807) is 17.1 Å². The van der Waals surface area contributed by atoms with Crippen molar-refractivity contribution in [1.29, 1.82) is 0 Å². The van der Waals surface area contributed by atoms with Gasteiger partial charge in [0.15, 0.2) is 0 Å². The third-order valence-electron chi connectivity index (χ3n) is 2.31. The molecule has 0 aliphatic rings. The van der Waals surface area contributed by atoms with Crippen LogP contribution >= 0.6 is 23.1 Å². The first-order valence-corrected chi connectivity index (χ1v) is 7.44. The molecule has 1 aromatic heterocycles. The van der Waals surface area contributed by atoms with Crippen LogP contribution in [0.3, 0.4) is 0 Å². The lowest BCUT2D eigenvalue weighted by Crippen LogP contribution is -2.13. The van der Waals surface area contributed by atoms with E-state index in [1.165, 1.54) is 11.3 Å². The number of carbonyl (C=O) groups is 1. The van der Waals surface area contributed by atoms with Crippen LogP contribution in [-0.4, -0.2) is 17.1 Å². The molecule has 0 fully saturated rings. The summed E-state index contributed by atoms with van der Waals surface area (Å²) in [6, 6.07) is 7.67. The molecule has 0 aliphatic carbocycles. The summed E-state index contributed by atoms with van der Waals surface area (Å²) in [6.45, 7) is 0.360. The van der Waals surface area contributed by atoms with E-state index >= 15 is 0 Å². The summed E-state index contributed by atoms with van der Waals surface area (Å²) in [6.07, 6.45) is 1.97. The van der Waals surface area contributed by atoms with E-state index in [4.69, 9.17) is 5.73 Å². The van der Waals surface area contributed by atoms with Crippen molar-refractivity contribution in [1.82, 2.24) is 4.98 Å². The van der Waals surface area contributed by atoms with E-state index in [9.17, 15) is 4.79 Å². The highest BCUT2D eigenvalue weighted by Crippen LogP contribution is 2.25. The molecular formula is C12H13N3OS2. The van der Waals surface area contributed by atoms with E-state index in [0.29, 0.717) is 12.2 Å². The van der Waals surface area contributed by atoms with Crippen LogP contribution < -0.4 is 11.1 Å². The van der Waals surface area contributed by atoms with E-state index in [-0.39, 0.29) is 5.91 Å². The number of hydrogen-bond acceptors (Lipinski definition) is 5. The zero-order valence-corrected chi connectivity index (χ0v) is 11.5. The Hall–Kier alpha value is -1.37. The minimum atomic E-state index is -0.201. The van der Waals surface area contributed by atoms with Gasteiger partial charge in [-0.2, -0.15) is 0 Å². The van der Waals surface area contributed by atoms with Crippen LogP contribution in [0, 0.1) is 0 Å². The number of benzene rings is 1. The number of thioether (sulfide) groups is 1. The minimum Gasteiger partial charge on any atom is -0.325 e. The topological polar surface area (TPSA) is 68.0 Å². The Morgan fingerprint density at radius 1 is 1.50 bits per heavy atom. The van der Waals surface area contributed by atoms with Crippen LogP contribution in [0.15, 0.2) is 34.5 Å². The second-order valence-electron chi connectivity index (χ2n) is 3.49. The third kappa shape index (κ3) is 2.90. The van der Waals surface area contributed by atoms with Crippen molar-refractivity contribution in [3.05, 3.63) is 40.3 Å². The molecule has 3 N–H and O–H groups in total. The standard InChI is InChI=1S/C12H13N3OS2/c1-17-10-5-3-2-4-8(10)15-12(16)9-7-18-11(6-13)14-9/h2-5,7H,6,13H2,1H3,(H,15,16). The SMILES string of the molecule is CSc1ccccc1NC(=O)c1csc(CN)n1. The second-order valence-corrected chi connectivity index (χ2v) is 5.28. The first-order valence-electron chi connectivity index (χ1n) is 5.33. The van der Waals surface area contributed by atoms with Crippen molar-refractivity contribution in [2.45, 2.75) is 11.4 Å². The molecule has 94 valence electrons. The monoisotopic (exact) mass is 279 g/mol. The lowest BCUT2D eigenvalue weighted by Gasteiger charge is -2.07. The Kier molecular flexibility index (Phi) is 4.35. The van der Waals surface area contributed by atoms with Gasteiger partial charge in [-0.05, 0) is 18.4 Å². The van der Waals surface area contributed by atoms with Crippen molar-refractivity contribution >= 4 is 34.7 Å². The zero-order valence-electron chi connectivity index (χ0n) is 9.84. The van der Waals surface area contributed by atoms with E-state index < -0.39 is 0 Å². The number of rotatable bonds is 4. The maximum Gasteiger partial charge on any atom is 0.275 e. The van der Waals surface area contributed by atoms with Gasteiger partial charge in [0.2, 0.25) is 0 Å². The maximum atomic E-state index is 12.0. The molecule has 1 heterocycles. The van der Waals surface area contributed by atoms with Gasteiger partial charge in [-0.3, -0.25) is 4.79 Å². The van der Waals surface area contributed by atoms with E-state index in [2.05, 4.69) is 10.3 Å². The Balaban J connectivity index is 2.16. The number of anilines is 1. The molecule has 1 aromatic carbocycles.